The highest BCUT2D eigenvalue weighted by Crippen LogP contribution is 2.20. The molecule has 2 unspecified atom stereocenters. The summed E-state index contributed by atoms with van der Waals surface area (Å²) in [5.41, 5.74) is 1.29. The summed E-state index contributed by atoms with van der Waals surface area (Å²) in [5, 5.41) is 3.59. The Labute approximate surface area is 109 Å². The van der Waals surface area contributed by atoms with Gasteiger partial charge in [-0.15, -0.1) is 0 Å². The van der Waals surface area contributed by atoms with Crippen LogP contribution in [0.5, 0.6) is 5.75 Å². The van der Waals surface area contributed by atoms with Gasteiger partial charge in [0.1, 0.15) is 5.75 Å². The van der Waals surface area contributed by atoms with Crippen molar-refractivity contribution in [3.8, 4) is 5.75 Å². The van der Waals surface area contributed by atoms with Crippen molar-refractivity contribution in [1.29, 1.82) is 0 Å². The molecule has 1 fully saturated rings. The van der Waals surface area contributed by atoms with Crippen molar-refractivity contribution in [3.05, 3.63) is 29.8 Å². The van der Waals surface area contributed by atoms with Crippen molar-refractivity contribution in [1.82, 2.24) is 5.32 Å². The van der Waals surface area contributed by atoms with Crippen LogP contribution in [0.4, 0.5) is 0 Å². The lowest BCUT2D eigenvalue weighted by molar-refractivity contribution is 0.188. The average Bonchev–Trinajstić information content (AvgIpc) is 2.82. The Kier molecular flexibility index (Phi) is 4.61. The molecule has 1 aliphatic rings. The third-order valence-electron chi connectivity index (χ3n) is 3.17. The highest BCUT2D eigenvalue weighted by atomic mass is 16.5. The topological polar surface area (TPSA) is 30.5 Å². The second-order valence-corrected chi connectivity index (χ2v) is 5.18. The van der Waals surface area contributed by atoms with Gasteiger partial charge in [-0.1, -0.05) is 12.1 Å². The van der Waals surface area contributed by atoms with Crippen LogP contribution in [0.3, 0.4) is 0 Å². The van der Waals surface area contributed by atoms with E-state index in [9.17, 15) is 0 Å². The molecular weight excluding hydrogens is 226 g/mol. The molecule has 0 spiro atoms. The largest absolute Gasteiger partial charge is 0.491 e. The van der Waals surface area contributed by atoms with Crippen molar-refractivity contribution >= 4 is 0 Å². The van der Waals surface area contributed by atoms with E-state index in [1.807, 2.05) is 26.0 Å². The molecule has 1 heterocycles. The number of rotatable bonds is 5. The number of benzene rings is 1. The van der Waals surface area contributed by atoms with Crippen LogP contribution in [0.2, 0.25) is 0 Å². The fourth-order valence-corrected chi connectivity index (χ4v) is 2.22. The first-order valence-electron chi connectivity index (χ1n) is 6.75. The Balaban J connectivity index is 1.91. The van der Waals surface area contributed by atoms with Crippen LogP contribution in [0.1, 0.15) is 38.8 Å². The number of nitrogens with one attached hydrogen (secondary N) is 1. The summed E-state index contributed by atoms with van der Waals surface area (Å²) < 4.78 is 11.0. The molecule has 0 amide bonds. The molecule has 18 heavy (non-hydrogen) atoms. The fourth-order valence-electron chi connectivity index (χ4n) is 2.22. The van der Waals surface area contributed by atoms with Gasteiger partial charge in [0.15, 0.2) is 0 Å². The maximum atomic E-state index is 5.64. The predicted octanol–water partition coefficient (Wildman–Crippen LogP) is 2.91. The molecule has 0 radical (unpaired) electrons. The molecule has 1 aromatic rings. The molecule has 3 heteroatoms. The Morgan fingerprint density at radius 1 is 1.22 bits per heavy atom. The summed E-state index contributed by atoms with van der Waals surface area (Å²) in [7, 11) is 0. The van der Waals surface area contributed by atoms with E-state index in [4.69, 9.17) is 9.47 Å². The quantitative estimate of drug-likeness (QED) is 0.870. The lowest BCUT2D eigenvalue weighted by atomic mass is 10.1. The van der Waals surface area contributed by atoms with Crippen molar-refractivity contribution in [2.24, 2.45) is 0 Å². The van der Waals surface area contributed by atoms with E-state index < -0.39 is 0 Å². The molecule has 2 atom stereocenters. The number of hydrogen-bond acceptors (Lipinski definition) is 3. The molecule has 2 rings (SSSR count). The normalized spacial score (nSPS) is 21.2. The SMILES string of the molecule is CC(C)Oc1ccc(C(C)NC2CCOC2)cc1. The Hall–Kier alpha value is -1.06. The van der Waals surface area contributed by atoms with Crippen molar-refractivity contribution in [2.45, 2.75) is 45.4 Å². The third-order valence-corrected chi connectivity index (χ3v) is 3.17. The third kappa shape index (κ3) is 3.72. The summed E-state index contributed by atoms with van der Waals surface area (Å²) in [6, 6.07) is 9.18. The van der Waals surface area contributed by atoms with Crippen LogP contribution in [0, 0.1) is 0 Å². The standard InChI is InChI=1S/C15H23NO2/c1-11(2)18-15-6-4-13(5-7-15)12(3)16-14-8-9-17-10-14/h4-7,11-12,14,16H,8-10H2,1-3H3. The van der Waals surface area contributed by atoms with Gasteiger partial charge in [0.2, 0.25) is 0 Å². The van der Waals surface area contributed by atoms with E-state index in [0.717, 1.165) is 25.4 Å². The smallest absolute Gasteiger partial charge is 0.119 e. The lowest BCUT2D eigenvalue weighted by Crippen LogP contribution is -2.31. The molecule has 1 aliphatic heterocycles. The van der Waals surface area contributed by atoms with E-state index in [0.29, 0.717) is 12.1 Å². The van der Waals surface area contributed by atoms with Crippen LogP contribution in [0.25, 0.3) is 0 Å². The van der Waals surface area contributed by atoms with Gasteiger partial charge < -0.3 is 14.8 Å². The summed E-state index contributed by atoms with van der Waals surface area (Å²) in [6.45, 7) is 7.98. The second-order valence-electron chi connectivity index (χ2n) is 5.18. The molecule has 3 nitrogen and oxygen atoms in total. The summed E-state index contributed by atoms with van der Waals surface area (Å²) in [4.78, 5) is 0. The van der Waals surface area contributed by atoms with Gasteiger partial charge in [0.25, 0.3) is 0 Å². The van der Waals surface area contributed by atoms with Crippen molar-refractivity contribution < 1.29 is 9.47 Å². The Morgan fingerprint density at radius 3 is 2.50 bits per heavy atom. The summed E-state index contributed by atoms with van der Waals surface area (Å²) in [5.74, 6) is 0.935. The molecule has 0 bridgehead atoms. The zero-order valence-corrected chi connectivity index (χ0v) is 11.5. The number of hydrogen-bond donors (Lipinski definition) is 1. The van der Waals surface area contributed by atoms with Gasteiger partial charge in [0.05, 0.1) is 12.7 Å². The molecular formula is C15H23NO2. The summed E-state index contributed by atoms with van der Waals surface area (Å²) >= 11 is 0. The molecule has 1 saturated heterocycles. The minimum Gasteiger partial charge on any atom is -0.491 e. The van der Waals surface area contributed by atoms with Gasteiger partial charge in [-0.2, -0.15) is 0 Å². The molecule has 0 aliphatic carbocycles. The van der Waals surface area contributed by atoms with E-state index in [1.54, 1.807) is 0 Å². The zero-order chi connectivity index (χ0) is 13.0. The van der Waals surface area contributed by atoms with Crippen LogP contribution in [-0.2, 0) is 4.74 Å². The minimum absolute atomic E-state index is 0.224. The molecule has 1 aromatic carbocycles. The van der Waals surface area contributed by atoms with Gasteiger partial charge in [-0.3, -0.25) is 0 Å². The molecule has 0 saturated carbocycles. The first-order valence-corrected chi connectivity index (χ1v) is 6.75. The monoisotopic (exact) mass is 249 g/mol. The first kappa shape index (κ1) is 13.4. The van der Waals surface area contributed by atoms with Gasteiger partial charge in [0, 0.05) is 18.7 Å². The highest BCUT2D eigenvalue weighted by molar-refractivity contribution is 5.29. The highest BCUT2D eigenvalue weighted by Gasteiger charge is 2.18. The zero-order valence-electron chi connectivity index (χ0n) is 11.5. The molecule has 0 aromatic heterocycles. The predicted molar refractivity (Wildman–Crippen MR) is 73.0 cm³/mol. The van der Waals surface area contributed by atoms with E-state index in [2.05, 4.69) is 24.4 Å². The van der Waals surface area contributed by atoms with E-state index >= 15 is 0 Å². The van der Waals surface area contributed by atoms with Gasteiger partial charge in [-0.05, 0) is 44.9 Å². The number of ether oxygens (including phenoxy) is 2. The van der Waals surface area contributed by atoms with E-state index in [-0.39, 0.29) is 6.10 Å². The maximum absolute atomic E-state index is 5.64. The van der Waals surface area contributed by atoms with Gasteiger partial charge in [-0.25, -0.2) is 0 Å². The van der Waals surface area contributed by atoms with Gasteiger partial charge >= 0.3 is 0 Å². The minimum atomic E-state index is 0.224. The van der Waals surface area contributed by atoms with Crippen LogP contribution >= 0.6 is 0 Å². The maximum Gasteiger partial charge on any atom is 0.119 e. The molecule has 100 valence electrons. The Morgan fingerprint density at radius 2 is 1.94 bits per heavy atom. The van der Waals surface area contributed by atoms with Crippen molar-refractivity contribution in [3.63, 3.8) is 0 Å². The fraction of sp³-hybridized carbons (Fsp3) is 0.600. The summed E-state index contributed by atoms with van der Waals surface area (Å²) in [6.07, 6.45) is 1.33. The van der Waals surface area contributed by atoms with Crippen molar-refractivity contribution in [2.75, 3.05) is 13.2 Å². The van der Waals surface area contributed by atoms with Crippen LogP contribution in [-0.4, -0.2) is 25.4 Å². The first-order chi connectivity index (χ1) is 8.65. The molecule has 1 N–H and O–H groups in total. The lowest BCUT2D eigenvalue weighted by Gasteiger charge is -2.19. The Bertz CT molecular complexity index is 355. The second kappa shape index (κ2) is 6.21. The average molecular weight is 249 g/mol. The van der Waals surface area contributed by atoms with E-state index in [1.165, 1.54) is 5.56 Å². The van der Waals surface area contributed by atoms with Crippen LogP contribution < -0.4 is 10.1 Å². The van der Waals surface area contributed by atoms with Crippen LogP contribution in [0.15, 0.2) is 24.3 Å².